The highest BCUT2D eigenvalue weighted by molar-refractivity contribution is 5.77. The molecule has 2 aliphatic rings. The Kier molecular flexibility index (Phi) is 5.84. The molecule has 0 aromatic heterocycles. The van der Waals surface area contributed by atoms with E-state index in [0.717, 1.165) is 43.0 Å². The van der Waals surface area contributed by atoms with Crippen molar-refractivity contribution in [2.24, 2.45) is 0 Å². The minimum atomic E-state index is 0.271. The van der Waals surface area contributed by atoms with Crippen molar-refractivity contribution in [3.05, 3.63) is 23.8 Å². The van der Waals surface area contributed by atoms with Crippen LogP contribution in [-0.2, 0) is 11.2 Å². The van der Waals surface area contributed by atoms with Crippen LogP contribution in [-0.4, -0.2) is 62.1 Å². The molecular weight excluding hydrogens is 316 g/mol. The van der Waals surface area contributed by atoms with E-state index in [2.05, 4.69) is 16.8 Å². The SMILES string of the molecule is COc1ccc(OC)c(CCC(=O)N2CCC[C@H]2[C@@H]2CCCN2C)c1. The van der Waals surface area contributed by atoms with E-state index in [4.69, 9.17) is 9.47 Å². The van der Waals surface area contributed by atoms with Crippen LogP contribution in [0.25, 0.3) is 0 Å². The molecule has 138 valence electrons. The van der Waals surface area contributed by atoms with Crippen LogP contribution in [0.4, 0.5) is 0 Å². The summed E-state index contributed by atoms with van der Waals surface area (Å²) < 4.78 is 10.7. The van der Waals surface area contributed by atoms with Gasteiger partial charge in [-0.1, -0.05) is 0 Å². The fourth-order valence-corrected chi connectivity index (χ4v) is 4.39. The third kappa shape index (κ3) is 3.92. The highest BCUT2D eigenvalue weighted by atomic mass is 16.5. The number of rotatable bonds is 6. The average molecular weight is 346 g/mol. The van der Waals surface area contributed by atoms with Gasteiger partial charge in [0.15, 0.2) is 0 Å². The van der Waals surface area contributed by atoms with Gasteiger partial charge < -0.3 is 19.3 Å². The zero-order valence-corrected chi connectivity index (χ0v) is 15.7. The number of methoxy groups -OCH3 is 2. The fraction of sp³-hybridized carbons (Fsp3) is 0.650. The Morgan fingerprint density at radius 3 is 2.56 bits per heavy atom. The van der Waals surface area contributed by atoms with Gasteiger partial charge in [0.1, 0.15) is 11.5 Å². The quantitative estimate of drug-likeness (QED) is 0.794. The van der Waals surface area contributed by atoms with Crippen LogP contribution in [0.3, 0.4) is 0 Å². The first-order valence-corrected chi connectivity index (χ1v) is 9.34. The summed E-state index contributed by atoms with van der Waals surface area (Å²) in [4.78, 5) is 17.5. The molecule has 5 heteroatoms. The number of hydrogen-bond acceptors (Lipinski definition) is 4. The zero-order valence-electron chi connectivity index (χ0n) is 15.7. The van der Waals surface area contributed by atoms with Crippen LogP contribution in [0, 0.1) is 0 Å². The lowest BCUT2D eigenvalue weighted by atomic mass is 10.0. The number of aryl methyl sites for hydroxylation is 1. The standard InChI is InChI=1S/C20H30N2O3/c1-21-12-4-6-17(21)18-7-5-13-22(18)20(23)11-8-15-14-16(24-2)9-10-19(15)25-3/h9-10,14,17-18H,4-8,11-13H2,1-3H3/t17-,18-/m0/s1. The number of amides is 1. The molecule has 0 radical (unpaired) electrons. The van der Waals surface area contributed by atoms with Crippen LogP contribution in [0.15, 0.2) is 18.2 Å². The molecule has 2 atom stereocenters. The van der Waals surface area contributed by atoms with Crippen LogP contribution < -0.4 is 9.47 Å². The van der Waals surface area contributed by atoms with E-state index < -0.39 is 0 Å². The van der Waals surface area contributed by atoms with E-state index in [9.17, 15) is 4.79 Å². The maximum atomic E-state index is 12.9. The lowest BCUT2D eigenvalue weighted by Crippen LogP contribution is -2.47. The summed E-state index contributed by atoms with van der Waals surface area (Å²) >= 11 is 0. The molecule has 1 aromatic carbocycles. The molecule has 0 bridgehead atoms. The smallest absolute Gasteiger partial charge is 0.223 e. The maximum absolute atomic E-state index is 12.9. The van der Waals surface area contributed by atoms with Gasteiger partial charge in [0.05, 0.1) is 14.2 Å². The van der Waals surface area contributed by atoms with Gasteiger partial charge in [-0.2, -0.15) is 0 Å². The van der Waals surface area contributed by atoms with Crippen molar-refractivity contribution in [3.63, 3.8) is 0 Å². The Morgan fingerprint density at radius 2 is 1.88 bits per heavy atom. The normalized spacial score (nSPS) is 23.9. The molecule has 2 aliphatic heterocycles. The molecule has 0 N–H and O–H groups in total. The van der Waals surface area contributed by atoms with Crippen molar-refractivity contribution in [1.29, 1.82) is 0 Å². The first-order valence-electron chi connectivity index (χ1n) is 9.34. The molecule has 1 amide bonds. The molecule has 0 aliphatic carbocycles. The van der Waals surface area contributed by atoms with E-state index in [1.807, 2.05) is 18.2 Å². The summed E-state index contributed by atoms with van der Waals surface area (Å²) in [6.45, 7) is 2.06. The lowest BCUT2D eigenvalue weighted by molar-refractivity contribution is -0.132. The second kappa shape index (κ2) is 8.09. The summed E-state index contributed by atoms with van der Waals surface area (Å²) in [5, 5.41) is 0. The molecule has 25 heavy (non-hydrogen) atoms. The monoisotopic (exact) mass is 346 g/mol. The van der Waals surface area contributed by atoms with Crippen molar-refractivity contribution in [3.8, 4) is 11.5 Å². The van der Waals surface area contributed by atoms with E-state index in [0.29, 0.717) is 24.9 Å². The molecule has 2 fully saturated rings. The Bertz CT molecular complexity index is 605. The van der Waals surface area contributed by atoms with Crippen molar-refractivity contribution in [2.75, 3.05) is 34.4 Å². The van der Waals surface area contributed by atoms with Crippen LogP contribution >= 0.6 is 0 Å². The largest absolute Gasteiger partial charge is 0.497 e. The molecule has 0 unspecified atom stereocenters. The molecule has 0 saturated carbocycles. The third-order valence-electron chi connectivity index (χ3n) is 5.74. The van der Waals surface area contributed by atoms with Gasteiger partial charge in [-0.05, 0) is 69.5 Å². The average Bonchev–Trinajstić information content (AvgIpc) is 3.27. The van der Waals surface area contributed by atoms with Crippen LogP contribution in [0.1, 0.15) is 37.7 Å². The molecule has 0 spiro atoms. The van der Waals surface area contributed by atoms with Crippen LogP contribution in [0.5, 0.6) is 11.5 Å². The zero-order chi connectivity index (χ0) is 17.8. The highest BCUT2D eigenvalue weighted by Crippen LogP contribution is 2.30. The minimum absolute atomic E-state index is 0.271. The van der Waals surface area contributed by atoms with Gasteiger partial charge in [-0.25, -0.2) is 0 Å². The van der Waals surface area contributed by atoms with Crippen LogP contribution in [0.2, 0.25) is 0 Å². The molecule has 3 rings (SSSR count). The van der Waals surface area contributed by atoms with Gasteiger partial charge in [0, 0.05) is 25.0 Å². The minimum Gasteiger partial charge on any atom is -0.497 e. The number of hydrogen-bond donors (Lipinski definition) is 0. The van der Waals surface area contributed by atoms with Crippen molar-refractivity contribution in [2.45, 2.75) is 50.6 Å². The highest BCUT2D eigenvalue weighted by Gasteiger charge is 2.38. The molecule has 1 aromatic rings. The number of carbonyl (C=O) groups is 1. The summed E-state index contributed by atoms with van der Waals surface area (Å²) in [7, 11) is 5.52. The van der Waals surface area contributed by atoms with Crippen molar-refractivity contribution < 1.29 is 14.3 Å². The van der Waals surface area contributed by atoms with E-state index >= 15 is 0 Å². The predicted octanol–water partition coefficient (Wildman–Crippen LogP) is 2.72. The Balaban J connectivity index is 1.64. The second-order valence-electron chi connectivity index (χ2n) is 7.16. The van der Waals surface area contributed by atoms with Gasteiger partial charge in [-0.3, -0.25) is 4.79 Å². The Labute approximate surface area is 150 Å². The number of carbonyl (C=O) groups excluding carboxylic acids is 1. The maximum Gasteiger partial charge on any atom is 0.223 e. The van der Waals surface area contributed by atoms with Crippen molar-refractivity contribution >= 4 is 5.91 Å². The van der Waals surface area contributed by atoms with Gasteiger partial charge >= 0.3 is 0 Å². The van der Waals surface area contributed by atoms with E-state index in [-0.39, 0.29) is 5.91 Å². The van der Waals surface area contributed by atoms with Gasteiger partial charge in [0.25, 0.3) is 0 Å². The topological polar surface area (TPSA) is 42.0 Å². The summed E-state index contributed by atoms with van der Waals surface area (Å²) in [6.07, 6.45) is 5.95. The van der Waals surface area contributed by atoms with Gasteiger partial charge in [-0.15, -0.1) is 0 Å². The van der Waals surface area contributed by atoms with Gasteiger partial charge in [0.2, 0.25) is 5.91 Å². The fourth-order valence-electron chi connectivity index (χ4n) is 4.39. The number of likely N-dealkylation sites (N-methyl/N-ethyl adjacent to an activating group) is 1. The number of benzene rings is 1. The number of nitrogens with zero attached hydrogens (tertiary/aromatic N) is 2. The summed E-state index contributed by atoms with van der Waals surface area (Å²) in [5.74, 6) is 1.89. The predicted molar refractivity (Wildman–Crippen MR) is 98.3 cm³/mol. The molecule has 5 nitrogen and oxygen atoms in total. The molecular formula is C20H30N2O3. The summed E-state index contributed by atoms with van der Waals surface area (Å²) in [5.41, 5.74) is 1.03. The Hall–Kier alpha value is -1.75. The second-order valence-corrected chi connectivity index (χ2v) is 7.16. The molecule has 2 heterocycles. The lowest BCUT2D eigenvalue weighted by Gasteiger charge is -2.33. The Morgan fingerprint density at radius 1 is 1.12 bits per heavy atom. The third-order valence-corrected chi connectivity index (χ3v) is 5.74. The molecule has 2 saturated heterocycles. The number of ether oxygens (including phenoxy) is 2. The number of likely N-dealkylation sites (tertiary alicyclic amines) is 2. The van der Waals surface area contributed by atoms with Crippen molar-refractivity contribution in [1.82, 2.24) is 9.80 Å². The van der Waals surface area contributed by atoms with E-state index in [1.165, 1.54) is 12.8 Å². The summed E-state index contributed by atoms with van der Waals surface area (Å²) in [6, 6.07) is 6.70. The first-order chi connectivity index (χ1) is 12.1. The van der Waals surface area contributed by atoms with E-state index in [1.54, 1.807) is 14.2 Å². The first kappa shape index (κ1) is 18.1.